The Kier molecular flexibility index (Phi) is 4.16. The van der Waals surface area contributed by atoms with E-state index in [-0.39, 0.29) is 10.3 Å². The van der Waals surface area contributed by atoms with E-state index in [1.54, 1.807) is 18.2 Å². The van der Waals surface area contributed by atoms with Crippen LogP contribution in [0.2, 0.25) is 20.4 Å². The van der Waals surface area contributed by atoms with Gasteiger partial charge in [0, 0.05) is 10.6 Å². The van der Waals surface area contributed by atoms with Gasteiger partial charge in [-0.3, -0.25) is 0 Å². The molecule has 88 valence electrons. The largest absolute Gasteiger partial charge is 0.215 e. The van der Waals surface area contributed by atoms with Gasteiger partial charge in [0.2, 0.25) is 0 Å². The lowest BCUT2D eigenvalue weighted by Crippen LogP contribution is -1.92. The molecule has 2 nitrogen and oxygen atoms in total. The van der Waals surface area contributed by atoms with E-state index in [1.807, 2.05) is 0 Å². The molecular weight excluding hydrogens is 370 g/mol. The van der Waals surface area contributed by atoms with Crippen molar-refractivity contribution in [2.45, 2.75) is 0 Å². The lowest BCUT2D eigenvalue weighted by atomic mass is 10.2. The quantitative estimate of drug-likeness (QED) is 0.616. The van der Waals surface area contributed by atoms with E-state index in [0.29, 0.717) is 25.9 Å². The number of nitrogens with zero attached hydrogens (tertiary/aromatic N) is 2. The van der Waals surface area contributed by atoms with Crippen LogP contribution in [0.4, 0.5) is 0 Å². The van der Waals surface area contributed by atoms with Crippen LogP contribution in [0.25, 0.3) is 11.4 Å². The van der Waals surface area contributed by atoms with Gasteiger partial charge < -0.3 is 0 Å². The van der Waals surface area contributed by atoms with Crippen molar-refractivity contribution in [3.8, 4) is 11.4 Å². The molecule has 0 amide bonds. The predicted octanol–water partition coefficient (Wildman–Crippen LogP) is 5.52. The van der Waals surface area contributed by atoms with Crippen molar-refractivity contribution in [2.24, 2.45) is 0 Å². The van der Waals surface area contributed by atoms with Crippen LogP contribution >= 0.6 is 62.3 Å². The molecule has 0 radical (unpaired) electrons. The van der Waals surface area contributed by atoms with Gasteiger partial charge >= 0.3 is 0 Å². The maximum Gasteiger partial charge on any atom is 0.164 e. The molecule has 0 fully saturated rings. The van der Waals surface area contributed by atoms with Crippen LogP contribution in [0.3, 0.4) is 0 Å². The van der Waals surface area contributed by atoms with Gasteiger partial charge in [0.1, 0.15) is 10.3 Å². The fraction of sp³-hybridized carbons (Fsp3) is 0. The first-order valence-corrected chi connectivity index (χ1v) is 6.63. The Labute approximate surface area is 126 Å². The molecule has 0 spiro atoms. The maximum absolute atomic E-state index is 6.04. The van der Waals surface area contributed by atoms with Crippen LogP contribution < -0.4 is 0 Å². The number of hydrogen-bond donors (Lipinski definition) is 0. The van der Waals surface area contributed by atoms with E-state index in [2.05, 4.69) is 25.9 Å². The number of benzene rings is 1. The fourth-order valence-electron chi connectivity index (χ4n) is 1.18. The SMILES string of the molecule is Clc1ccc(Cl)c(-c2nc(Cl)c(Br)c(Cl)n2)c1. The highest BCUT2D eigenvalue weighted by molar-refractivity contribution is 9.10. The number of halogens is 5. The zero-order chi connectivity index (χ0) is 12.6. The second-order valence-electron chi connectivity index (χ2n) is 3.07. The molecule has 17 heavy (non-hydrogen) atoms. The van der Waals surface area contributed by atoms with Gasteiger partial charge in [-0.1, -0.05) is 46.4 Å². The van der Waals surface area contributed by atoms with Gasteiger partial charge in [-0.05, 0) is 34.1 Å². The average molecular weight is 373 g/mol. The van der Waals surface area contributed by atoms with Crippen molar-refractivity contribution in [3.63, 3.8) is 0 Å². The summed E-state index contributed by atoms with van der Waals surface area (Å²) in [5, 5.41) is 1.44. The molecule has 1 heterocycles. The van der Waals surface area contributed by atoms with Gasteiger partial charge in [0.25, 0.3) is 0 Å². The number of rotatable bonds is 1. The molecule has 0 N–H and O–H groups in total. The van der Waals surface area contributed by atoms with Gasteiger partial charge in [-0.2, -0.15) is 0 Å². The Morgan fingerprint density at radius 1 is 0.941 bits per heavy atom. The van der Waals surface area contributed by atoms with Gasteiger partial charge in [0.05, 0.1) is 9.50 Å². The summed E-state index contributed by atoms with van der Waals surface area (Å²) in [4.78, 5) is 8.17. The smallest absolute Gasteiger partial charge is 0.164 e. The molecule has 1 aromatic carbocycles. The lowest BCUT2D eigenvalue weighted by molar-refractivity contribution is 1.16. The highest BCUT2D eigenvalue weighted by Crippen LogP contribution is 2.33. The van der Waals surface area contributed by atoms with Crippen molar-refractivity contribution < 1.29 is 0 Å². The van der Waals surface area contributed by atoms with E-state index in [9.17, 15) is 0 Å². The maximum atomic E-state index is 6.04. The fourth-order valence-corrected chi connectivity index (χ4v) is 2.12. The van der Waals surface area contributed by atoms with Crippen LogP contribution in [0.5, 0.6) is 0 Å². The molecule has 0 atom stereocenters. The number of hydrogen-bond acceptors (Lipinski definition) is 2. The zero-order valence-corrected chi connectivity index (χ0v) is 12.6. The van der Waals surface area contributed by atoms with Crippen LogP contribution in [-0.4, -0.2) is 9.97 Å². The van der Waals surface area contributed by atoms with Gasteiger partial charge in [0.15, 0.2) is 5.82 Å². The highest BCUT2D eigenvalue weighted by atomic mass is 79.9. The standard InChI is InChI=1S/C10H3BrCl4N2/c11-7-8(14)16-10(17-9(7)15)5-3-4(12)1-2-6(5)13/h1-3H. The molecule has 1 aromatic heterocycles. The minimum Gasteiger partial charge on any atom is -0.215 e. The summed E-state index contributed by atoms with van der Waals surface area (Å²) < 4.78 is 0.447. The van der Waals surface area contributed by atoms with E-state index < -0.39 is 0 Å². The van der Waals surface area contributed by atoms with Crippen molar-refractivity contribution in [2.75, 3.05) is 0 Å². The first-order valence-electron chi connectivity index (χ1n) is 4.33. The van der Waals surface area contributed by atoms with Crippen molar-refractivity contribution in [1.29, 1.82) is 0 Å². The molecule has 2 rings (SSSR count). The first kappa shape index (κ1) is 13.4. The minimum atomic E-state index is 0.219. The molecule has 0 unspecified atom stereocenters. The van der Waals surface area contributed by atoms with E-state index in [4.69, 9.17) is 46.4 Å². The first-order chi connectivity index (χ1) is 7.99. The molecule has 2 aromatic rings. The molecule has 0 aliphatic rings. The Hall–Kier alpha value is -0.0600. The van der Waals surface area contributed by atoms with Gasteiger partial charge in [-0.15, -0.1) is 0 Å². The predicted molar refractivity (Wildman–Crippen MR) is 75.2 cm³/mol. The van der Waals surface area contributed by atoms with E-state index >= 15 is 0 Å². The Bertz CT molecular complexity index is 566. The minimum absolute atomic E-state index is 0.219. The molecule has 0 saturated heterocycles. The third-order valence-corrected chi connectivity index (χ3v) is 4.26. The Balaban J connectivity index is 2.64. The van der Waals surface area contributed by atoms with Crippen molar-refractivity contribution in [3.05, 3.63) is 43.0 Å². The second kappa shape index (κ2) is 5.29. The summed E-state index contributed by atoms with van der Waals surface area (Å²) in [6, 6.07) is 4.99. The monoisotopic (exact) mass is 370 g/mol. The van der Waals surface area contributed by atoms with Crippen LogP contribution in [0.15, 0.2) is 22.7 Å². The van der Waals surface area contributed by atoms with Crippen molar-refractivity contribution >= 4 is 62.3 Å². The molecule has 7 heteroatoms. The van der Waals surface area contributed by atoms with Crippen LogP contribution in [0, 0.1) is 0 Å². The second-order valence-corrected chi connectivity index (χ2v) is 5.42. The highest BCUT2D eigenvalue weighted by Gasteiger charge is 2.13. The summed E-state index contributed by atoms with van der Waals surface area (Å²) in [6.07, 6.45) is 0. The summed E-state index contributed by atoms with van der Waals surface area (Å²) in [5.41, 5.74) is 0.579. The summed E-state index contributed by atoms with van der Waals surface area (Å²) in [5.74, 6) is 0.329. The topological polar surface area (TPSA) is 25.8 Å². The molecule has 0 aliphatic carbocycles. The van der Waals surface area contributed by atoms with Crippen LogP contribution in [0.1, 0.15) is 0 Å². The summed E-state index contributed by atoms with van der Waals surface area (Å²) in [7, 11) is 0. The Morgan fingerprint density at radius 2 is 1.53 bits per heavy atom. The number of aromatic nitrogens is 2. The molecule has 0 bridgehead atoms. The lowest BCUT2D eigenvalue weighted by Gasteiger charge is -2.06. The van der Waals surface area contributed by atoms with Gasteiger partial charge in [-0.25, -0.2) is 9.97 Å². The third kappa shape index (κ3) is 2.85. The molecule has 0 saturated carbocycles. The normalized spacial score (nSPS) is 10.6. The third-order valence-electron chi connectivity index (χ3n) is 1.94. The zero-order valence-electron chi connectivity index (χ0n) is 8.02. The molecular formula is C10H3BrCl4N2. The summed E-state index contributed by atoms with van der Waals surface area (Å²) >= 11 is 26.9. The van der Waals surface area contributed by atoms with Crippen molar-refractivity contribution in [1.82, 2.24) is 9.97 Å². The summed E-state index contributed by atoms with van der Waals surface area (Å²) in [6.45, 7) is 0. The molecule has 0 aliphatic heterocycles. The van der Waals surface area contributed by atoms with Crippen LogP contribution in [-0.2, 0) is 0 Å². The Morgan fingerprint density at radius 3 is 2.12 bits per heavy atom. The average Bonchev–Trinajstić information content (AvgIpc) is 2.28. The van der Waals surface area contributed by atoms with E-state index in [1.165, 1.54) is 0 Å². The van der Waals surface area contributed by atoms with E-state index in [0.717, 1.165) is 0 Å².